The zero-order valence-corrected chi connectivity index (χ0v) is 19.8. The quantitative estimate of drug-likeness (QED) is 0.336. The van der Waals surface area contributed by atoms with Gasteiger partial charge in [-0.15, -0.1) is 0 Å². The van der Waals surface area contributed by atoms with Crippen LogP contribution in [0.15, 0.2) is 88.7 Å². The van der Waals surface area contributed by atoms with E-state index in [0.717, 1.165) is 29.0 Å². The molecule has 2 aliphatic rings. The fourth-order valence-electron chi connectivity index (χ4n) is 5.22. The Morgan fingerprint density at radius 2 is 1.71 bits per heavy atom. The molecule has 1 saturated carbocycles. The predicted octanol–water partition coefficient (Wildman–Crippen LogP) is 6.03. The van der Waals surface area contributed by atoms with Crippen LogP contribution in [0.5, 0.6) is 0 Å². The van der Waals surface area contributed by atoms with Crippen LogP contribution < -0.4 is 5.56 Å². The summed E-state index contributed by atoms with van der Waals surface area (Å²) in [5, 5.41) is 3.17. The van der Waals surface area contributed by atoms with Gasteiger partial charge < -0.3 is 4.74 Å². The number of fused-ring (bicyclic) bond motifs is 2. The SMILES string of the molecule is COC(=O)[C@@H]1[C@@H](c2ccccc2)Sc2c(C3CC3)c(Cc3cccc4ccccc34)cc(=O)n21. The Labute approximate surface area is 202 Å². The van der Waals surface area contributed by atoms with E-state index in [9.17, 15) is 9.59 Å². The highest BCUT2D eigenvalue weighted by Crippen LogP contribution is 2.55. The molecule has 1 aliphatic carbocycles. The highest BCUT2D eigenvalue weighted by molar-refractivity contribution is 7.99. The van der Waals surface area contributed by atoms with E-state index in [4.69, 9.17) is 4.74 Å². The van der Waals surface area contributed by atoms with Crippen molar-refractivity contribution in [3.05, 3.63) is 111 Å². The highest BCUT2D eigenvalue weighted by Gasteiger charge is 2.44. The van der Waals surface area contributed by atoms with Gasteiger partial charge in [0.15, 0.2) is 6.04 Å². The van der Waals surface area contributed by atoms with Gasteiger partial charge in [-0.2, -0.15) is 0 Å². The number of carbonyl (C=O) groups is 1. The Hall–Kier alpha value is -3.31. The van der Waals surface area contributed by atoms with E-state index in [2.05, 4.69) is 42.5 Å². The Bertz CT molecular complexity index is 1450. The molecule has 0 N–H and O–H groups in total. The van der Waals surface area contributed by atoms with Crippen molar-refractivity contribution in [3.8, 4) is 0 Å². The second kappa shape index (κ2) is 8.48. The molecule has 0 saturated heterocycles. The van der Waals surface area contributed by atoms with Crippen molar-refractivity contribution in [1.29, 1.82) is 0 Å². The second-order valence-corrected chi connectivity index (χ2v) is 10.2. The smallest absolute Gasteiger partial charge is 0.330 e. The van der Waals surface area contributed by atoms with Gasteiger partial charge in [0.2, 0.25) is 0 Å². The van der Waals surface area contributed by atoms with Crippen LogP contribution in [0, 0.1) is 0 Å². The summed E-state index contributed by atoms with van der Waals surface area (Å²) < 4.78 is 6.88. The van der Waals surface area contributed by atoms with Crippen LogP contribution in [0.4, 0.5) is 0 Å². The van der Waals surface area contributed by atoms with Crippen LogP contribution in [-0.2, 0) is 16.0 Å². The van der Waals surface area contributed by atoms with Gasteiger partial charge in [0.1, 0.15) is 0 Å². The molecule has 3 aromatic carbocycles. The molecule has 0 unspecified atom stereocenters. The number of pyridine rings is 1. The lowest BCUT2D eigenvalue weighted by atomic mass is 9.94. The molecule has 4 aromatic rings. The molecule has 0 spiro atoms. The van der Waals surface area contributed by atoms with Crippen molar-refractivity contribution in [3.63, 3.8) is 0 Å². The van der Waals surface area contributed by atoms with Crippen molar-refractivity contribution < 1.29 is 9.53 Å². The minimum Gasteiger partial charge on any atom is -0.467 e. The van der Waals surface area contributed by atoms with E-state index in [0.29, 0.717) is 12.3 Å². The molecule has 0 bridgehead atoms. The van der Waals surface area contributed by atoms with E-state index in [1.165, 1.54) is 29.0 Å². The van der Waals surface area contributed by atoms with E-state index in [1.807, 2.05) is 30.3 Å². The van der Waals surface area contributed by atoms with Crippen molar-refractivity contribution >= 4 is 28.5 Å². The first kappa shape index (κ1) is 21.2. The summed E-state index contributed by atoms with van der Waals surface area (Å²) in [6, 6.07) is 25.8. The third kappa shape index (κ3) is 3.55. The summed E-state index contributed by atoms with van der Waals surface area (Å²) >= 11 is 1.64. The fraction of sp³-hybridized carbons (Fsp3) is 0.241. The summed E-state index contributed by atoms with van der Waals surface area (Å²) in [4.78, 5) is 26.5. The summed E-state index contributed by atoms with van der Waals surface area (Å²) in [5.74, 6) is 0.0675. The maximum absolute atomic E-state index is 13.5. The normalized spacial score (nSPS) is 19.2. The van der Waals surface area contributed by atoms with E-state index < -0.39 is 6.04 Å². The maximum Gasteiger partial charge on any atom is 0.330 e. The van der Waals surface area contributed by atoms with Crippen LogP contribution in [0.25, 0.3) is 10.8 Å². The number of hydrogen-bond acceptors (Lipinski definition) is 4. The molecule has 1 aliphatic heterocycles. The average molecular weight is 468 g/mol. The van der Waals surface area contributed by atoms with E-state index in [-0.39, 0.29) is 16.8 Å². The molecular formula is C29H25NO3S. The lowest BCUT2D eigenvalue weighted by molar-refractivity contribution is -0.144. The number of esters is 1. The van der Waals surface area contributed by atoms with E-state index in [1.54, 1.807) is 22.4 Å². The molecule has 1 fully saturated rings. The zero-order chi connectivity index (χ0) is 23.2. The Balaban J connectivity index is 1.51. The first-order chi connectivity index (χ1) is 16.7. The monoisotopic (exact) mass is 467 g/mol. The average Bonchev–Trinajstić information content (AvgIpc) is 3.62. The number of ether oxygens (including phenoxy) is 1. The summed E-state index contributed by atoms with van der Waals surface area (Å²) in [6.07, 6.45) is 2.94. The van der Waals surface area contributed by atoms with Crippen molar-refractivity contribution in [1.82, 2.24) is 4.57 Å². The van der Waals surface area contributed by atoms with Crippen LogP contribution in [0.1, 0.15) is 52.3 Å². The van der Waals surface area contributed by atoms with E-state index >= 15 is 0 Å². The van der Waals surface area contributed by atoms with Gasteiger partial charge in [0, 0.05) is 6.07 Å². The van der Waals surface area contributed by atoms with Gasteiger partial charge in [-0.1, -0.05) is 84.6 Å². The Morgan fingerprint density at radius 1 is 0.971 bits per heavy atom. The van der Waals surface area contributed by atoms with Gasteiger partial charge in [0.05, 0.1) is 17.4 Å². The Morgan fingerprint density at radius 3 is 2.47 bits per heavy atom. The molecule has 6 rings (SSSR count). The lowest BCUT2D eigenvalue weighted by Crippen LogP contribution is -2.31. The zero-order valence-electron chi connectivity index (χ0n) is 18.9. The molecule has 0 radical (unpaired) electrons. The Kier molecular flexibility index (Phi) is 5.30. The fourth-order valence-corrected chi connectivity index (χ4v) is 6.85. The first-order valence-corrected chi connectivity index (χ1v) is 12.6. The van der Waals surface area contributed by atoms with Crippen LogP contribution in [0.2, 0.25) is 0 Å². The number of methoxy groups -OCH3 is 1. The molecule has 34 heavy (non-hydrogen) atoms. The third-order valence-corrected chi connectivity index (χ3v) is 8.37. The molecule has 5 heteroatoms. The number of hydrogen-bond donors (Lipinski definition) is 0. The maximum atomic E-state index is 13.5. The number of carbonyl (C=O) groups excluding carboxylic acids is 1. The van der Waals surface area contributed by atoms with Crippen molar-refractivity contribution in [2.75, 3.05) is 7.11 Å². The number of thioether (sulfide) groups is 1. The molecular weight excluding hydrogens is 442 g/mol. The summed E-state index contributed by atoms with van der Waals surface area (Å²) in [6.45, 7) is 0. The molecule has 4 nitrogen and oxygen atoms in total. The lowest BCUT2D eigenvalue weighted by Gasteiger charge is -2.19. The van der Waals surface area contributed by atoms with Crippen molar-refractivity contribution in [2.24, 2.45) is 0 Å². The van der Waals surface area contributed by atoms with Gasteiger partial charge in [-0.3, -0.25) is 9.36 Å². The number of nitrogens with zero attached hydrogens (tertiary/aromatic N) is 1. The highest BCUT2D eigenvalue weighted by atomic mass is 32.2. The predicted molar refractivity (Wildman–Crippen MR) is 136 cm³/mol. The molecule has 0 amide bonds. The minimum atomic E-state index is -0.663. The summed E-state index contributed by atoms with van der Waals surface area (Å²) in [7, 11) is 1.40. The van der Waals surface area contributed by atoms with Crippen LogP contribution in [0.3, 0.4) is 0 Å². The second-order valence-electron chi connectivity index (χ2n) is 9.10. The molecule has 170 valence electrons. The summed E-state index contributed by atoms with van der Waals surface area (Å²) in [5.41, 5.74) is 4.44. The standard InChI is InChI=1S/C29H25NO3S/c1-33-29(32)26-27(20-9-3-2-4-10-20)34-28-25(19-14-15-19)22(17-24(31)30(26)28)16-21-12-7-11-18-8-5-6-13-23(18)21/h2-13,17,19,26-27H,14-16H2,1H3/t26-,27+/m0/s1. The molecule has 2 atom stereocenters. The van der Waals surface area contributed by atoms with Gasteiger partial charge in [-0.05, 0) is 58.2 Å². The number of benzene rings is 3. The number of aromatic nitrogens is 1. The van der Waals surface area contributed by atoms with Crippen molar-refractivity contribution in [2.45, 2.75) is 41.5 Å². The van der Waals surface area contributed by atoms with Crippen LogP contribution in [-0.4, -0.2) is 17.6 Å². The largest absolute Gasteiger partial charge is 0.467 e. The number of rotatable bonds is 5. The minimum absolute atomic E-state index is 0.129. The first-order valence-electron chi connectivity index (χ1n) is 11.7. The van der Waals surface area contributed by atoms with Gasteiger partial charge in [-0.25, -0.2) is 4.79 Å². The van der Waals surface area contributed by atoms with Gasteiger partial charge >= 0.3 is 5.97 Å². The molecule has 2 heterocycles. The van der Waals surface area contributed by atoms with Gasteiger partial charge in [0.25, 0.3) is 5.56 Å². The molecule has 1 aromatic heterocycles. The van der Waals surface area contributed by atoms with Crippen LogP contribution >= 0.6 is 11.8 Å². The topological polar surface area (TPSA) is 48.3 Å². The third-order valence-electron chi connectivity index (χ3n) is 6.95.